The van der Waals surface area contributed by atoms with Crippen LogP contribution in [0.4, 0.5) is 14.6 Å². The molecule has 10 heteroatoms. The first-order valence-corrected chi connectivity index (χ1v) is 6.46. The number of nitrogens with one attached hydrogen (secondary N) is 1. The van der Waals surface area contributed by atoms with E-state index in [2.05, 4.69) is 4.74 Å². The Hall–Kier alpha value is -3.30. The number of halogens is 2. The maximum Gasteiger partial charge on any atom is 0.338 e. The summed E-state index contributed by atoms with van der Waals surface area (Å²) in [7, 11) is 1.23. The van der Waals surface area contributed by atoms with Crippen LogP contribution in [0.25, 0.3) is 0 Å². The largest absolute Gasteiger partial charge is 0.454 e. The number of ketones is 1. The summed E-state index contributed by atoms with van der Waals surface area (Å²) in [5, 5.41) is 0. The fourth-order valence-electron chi connectivity index (χ4n) is 1.82. The molecule has 0 unspecified atom stereocenters. The molecule has 1 heterocycles. The van der Waals surface area contributed by atoms with Crippen LogP contribution in [0.2, 0.25) is 0 Å². The van der Waals surface area contributed by atoms with E-state index in [0.29, 0.717) is 6.07 Å². The number of anilines is 1. The summed E-state index contributed by atoms with van der Waals surface area (Å²) < 4.78 is 31.3. The van der Waals surface area contributed by atoms with Crippen LogP contribution in [0.15, 0.2) is 27.8 Å². The molecule has 126 valence electrons. The van der Waals surface area contributed by atoms with Crippen molar-refractivity contribution in [2.75, 3.05) is 12.3 Å². The van der Waals surface area contributed by atoms with E-state index >= 15 is 0 Å². The number of Topliss-reactive ketones (excluding diaryl/α,β-unsaturated/α-hetero) is 1. The van der Waals surface area contributed by atoms with Crippen molar-refractivity contribution >= 4 is 17.6 Å². The summed E-state index contributed by atoms with van der Waals surface area (Å²) in [5.41, 5.74) is 2.83. The second-order valence-corrected chi connectivity index (χ2v) is 4.71. The molecule has 0 spiro atoms. The van der Waals surface area contributed by atoms with E-state index in [1.807, 2.05) is 4.98 Å². The highest BCUT2D eigenvalue weighted by Crippen LogP contribution is 2.10. The molecule has 8 nitrogen and oxygen atoms in total. The Bertz CT molecular complexity index is 948. The number of carbonyl (C=O) groups excluding carboxylic acids is 2. The number of H-pyrrole nitrogens is 1. The molecule has 0 amide bonds. The monoisotopic (exact) mass is 339 g/mol. The zero-order valence-electron chi connectivity index (χ0n) is 12.3. The number of nitrogens with zero attached hydrogens (tertiary/aromatic N) is 1. The summed E-state index contributed by atoms with van der Waals surface area (Å²) in [5.74, 6) is -4.85. The summed E-state index contributed by atoms with van der Waals surface area (Å²) in [6.45, 7) is -0.872. The standard InChI is InChI=1S/C14H11F2N3O5/c1-19-11(17)10(12(21)18-14(19)23)9(20)5-24-13(22)6-2-3-7(15)8(16)4-6/h2-4H,5,17H2,1H3,(H,18,21,23). The number of benzene rings is 1. The zero-order valence-corrected chi connectivity index (χ0v) is 12.3. The quantitative estimate of drug-likeness (QED) is 0.595. The summed E-state index contributed by atoms with van der Waals surface area (Å²) in [6, 6.07) is 2.30. The molecule has 2 aromatic rings. The van der Waals surface area contributed by atoms with Gasteiger partial charge in [-0.3, -0.25) is 19.1 Å². The predicted molar refractivity (Wildman–Crippen MR) is 77.7 cm³/mol. The van der Waals surface area contributed by atoms with Gasteiger partial charge in [0.2, 0.25) is 5.78 Å². The van der Waals surface area contributed by atoms with Crippen molar-refractivity contribution in [3.05, 3.63) is 61.8 Å². The molecular formula is C14H11F2N3O5. The molecule has 0 fully saturated rings. The summed E-state index contributed by atoms with van der Waals surface area (Å²) in [4.78, 5) is 48.5. The number of aromatic amines is 1. The first kappa shape index (κ1) is 17.1. The maximum atomic E-state index is 13.0. The Labute approximate surface area is 132 Å². The highest BCUT2D eigenvalue weighted by Gasteiger charge is 2.20. The number of hydrogen-bond donors (Lipinski definition) is 2. The first-order valence-electron chi connectivity index (χ1n) is 6.46. The zero-order chi connectivity index (χ0) is 18.0. The van der Waals surface area contributed by atoms with Crippen LogP contribution in [0.3, 0.4) is 0 Å². The molecule has 0 bridgehead atoms. The van der Waals surface area contributed by atoms with Gasteiger partial charge in [0.25, 0.3) is 5.56 Å². The van der Waals surface area contributed by atoms with Gasteiger partial charge in [0.15, 0.2) is 18.2 Å². The molecule has 0 saturated heterocycles. The Morgan fingerprint density at radius 2 is 1.92 bits per heavy atom. The molecule has 0 atom stereocenters. The fraction of sp³-hybridized carbons (Fsp3) is 0.143. The van der Waals surface area contributed by atoms with E-state index in [0.717, 1.165) is 16.7 Å². The molecule has 24 heavy (non-hydrogen) atoms. The van der Waals surface area contributed by atoms with Crippen LogP contribution in [-0.2, 0) is 11.8 Å². The van der Waals surface area contributed by atoms with Gasteiger partial charge in [0.1, 0.15) is 11.4 Å². The van der Waals surface area contributed by atoms with Crippen molar-refractivity contribution in [1.82, 2.24) is 9.55 Å². The Kier molecular flexibility index (Phi) is 4.58. The van der Waals surface area contributed by atoms with E-state index in [4.69, 9.17) is 5.73 Å². The Morgan fingerprint density at radius 3 is 2.54 bits per heavy atom. The number of hydrogen-bond acceptors (Lipinski definition) is 6. The van der Waals surface area contributed by atoms with Crippen LogP contribution in [0.5, 0.6) is 0 Å². The molecule has 0 aliphatic carbocycles. The van der Waals surface area contributed by atoms with Gasteiger partial charge in [-0.25, -0.2) is 18.4 Å². The molecule has 0 saturated carbocycles. The maximum absolute atomic E-state index is 13.0. The third-order valence-corrected chi connectivity index (χ3v) is 3.14. The molecule has 2 rings (SSSR count). The van der Waals surface area contributed by atoms with Gasteiger partial charge in [-0.1, -0.05) is 0 Å². The number of nitrogens with two attached hydrogens (primary N) is 1. The fourth-order valence-corrected chi connectivity index (χ4v) is 1.82. The number of nitrogen functional groups attached to an aromatic ring is 1. The first-order chi connectivity index (χ1) is 11.2. The van der Waals surface area contributed by atoms with E-state index < -0.39 is 52.6 Å². The highest BCUT2D eigenvalue weighted by molar-refractivity contribution is 6.02. The number of ether oxygens (including phenoxy) is 1. The number of rotatable bonds is 4. The van der Waals surface area contributed by atoms with Crippen molar-refractivity contribution < 1.29 is 23.1 Å². The molecule has 3 N–H and O–H groups in total. The SMILES string of the molecule is Cn1c(N)c(C(=O)COC(=O)c2ccc(F)c(F)c2)c(=O)[nH]c1=O. The van der Waals surface area contributed by atoms with E-state index in [1.165, 1.54) is 7.05 Å². The smallest absolute Gasteiger partial charge is 0.338 e. The van der Waals surface area contributed by atoms with Gasteiger partial charge in [-0.2, -0.15) is 0 Å². The second kappa shape index (κ2) is 6.44. The van der Waals surface area contributed by atoms with Gasteiger partial charge in [-0.05, 0) is 18.2 Å². The number of aromatic nitrogens is 2. The number of esters is 1. The van der Waals surface area contributed by atoms with Crippen molar-refractivity contribution in [2.45, 2.75) is 0 Å². The van der Waals surface area contributed by atoms with Crippen molar-refractivity contribution in [3.63, 3.8) is 0 Å². The summed E-state index contributed by atoms with van der Waals surface area (Å²) in [6.07, 6.45) is 0. The van der Waals surface area contributed by atoms with Gasteiger partial charge in [0, 0.05) is 7.05 Å². The lowest BCUT2D eigenvalue weighted by molar-refractivity contribution is 0.0473. The lowest BCUT2D eigenvalue weighted by Crippen LogP contribution is -2.35. The molecule has 0 radical (unpaired) electrons. The summed E-state index contributed by atoms with van der Waals surface area (Å²) >= 11 is 0. The van der Waals surface area contributed by atoms with Crippen LogP contribution in [-0.4, -0.2) is 27.9 Å². The van der Waals surface area contributed by atoms with Gasteiger partial charge in [0.05, 0.1) is 5.56 Å². The third kappa shape index (κ3) is 3.21. The van der Waals surface area contributed by atoms with Crippen LogP contribution in [0.1, 0.15) is 20.7 Å². The minimum Gasteiger partial charge on any atom is -0.454 e. The average Bonchev–Trinajstić information content (AvgIpc) is 2.53. The third-order valence-electron chi connectivity index (χ3n) is 3.14. The predicted octanol–water partition coefficient (Wildman–Crippen LogP) is -0.0263. The van der Waals surface area contributed by atoms with Gasteiger partial charge >= 0.3 is 11.7 Å². The van der Waals surface area contributed by atoms with Crippen LogP contribution in [0, 0.1) is 11.6 Å². The van der Waals surface area contributed by atoms with Gasteiger partial charge in [-0.15, -0.1) is 0 Å². The number of carbonyl (C=O) groups is 2. The topological polar surface area (TPSA) is 124 Å². The van der Waals surface area contributed by atoms with Crippen LogP contribution >= 0.6 is 0 Å². The molecule has 0 aliphatic heterocycles. The van der Waals surface area contributed by atoms with E-state index in [1.54, 1.807) is 0 Å². The lowest BCUT2D eigenvalue weighted by Gasteiger charge is -2.08. The Balaban J connectivity index is 2.18. The van der Waals surface area contributed by atoms with E-state index in [-0.39, 0.29) is 5.56 Å². The van der Waals surface area contributed by atoms with Crippen molar-refractivity contribution in [3.8, 4) is 0 Å². The second-order valence-electron chi connectivity index (χ2n) is 4.71. The molecular weight excluding hydrogens is 328 g/mol. The molecule has 1 aromatic heterocycles. The lowest BCUT2D eigenvalue weighted by atomic mass is 10.2. The minimum atomic E-state index is -1.26. The highest BCUT2D eigenvalue weighted by atomic mass is 19.2. The average molecular weight is 339 g/mol. The molecule has 1 aromatic carbocycles. The van der Waals surface area contributed by atoms with Crippen molar-refractivity contribution in [2.24, 2.45) is 7.05 Å². The molecule has 0 aliphatic rings. The minimum absolute atomic E-state index is 0.316. The normalized spacial score (nSPS) is 10.5. The Morgan fingerprint density at radius 1 is 1.25 bits per heavy atom. The van der Waals surface area contributed by atoms with Gasteiger partial charge < -0.3 is 10.5 Å². The van der Waals surface area contributed by atoms with Crippen LogP contribution < -0.4 is 17.0 Å². The van der Waals surface area contributed by atoms with E-state index in [9.17, 15) is 28.0 Å². The van der Waals surface area contributed by atoms with Crippen molar-refractivity contribution in [1.29, 1.82) is 0 Å².